The number of carbonyl (C=O) groups is 1. The van der Waals surface area contributed by atoms with E-state index < -0.39 is 0 Å². The highest BCUT2D eigenvalue weighted by molar-refractivity contribution is 5.93. The van der Waals surface area contributed by atoms with Gasteiger partial charge in [0.2, 0.25) is 0 Å². The van der Waals surface area contributed by atoms with E-state index in [1.54, 1.807) is 0 Å². The lowest BCUT2D eigenvalue weighted by molar-refractivity contribution is -0.124. The predicted molar refractivity (Wildman–Crippen MR) is 56.7 cm³/mol. The van der Waals surface area contributed by atoms with Gasteiger partial charge >= 0.3 is 0 Å². The van der Waals surface area contributed by atoms with Gasteiger partial charge in [0.05, 0.1) is 6.54 Å². The summed E-state index contributed by atoms with van der Waals surface area (Å²) in [5.74, 6) is 6.15. The van der Waals surface area contributed by atoms with Crippen molar-refractivity contribution >= 4 is 5.91 Å². The zero-order chi connectivity index (χ0) is 10.6. The maximum absolute atomic E-state index is 11.5. The van der Waals surface area contributed by atoms with Crippen molar-refractivity contribution in [2.75, 3.05) is 33.7 Å². The van der Waals surface area contributed by atoms with Gasteiger partial charge in [-0.15, -0.1) is 0 Å². The Labute approximate surface area is 86.1 Å². The van der Waals surface area contributed by atoms with Gasteiger partial charge in [0, 0.05) is 13.1 Å². The SMILES string of the molecule is C[C@H]1CCN(C(=O)C#CCN(C)C)C1. The van der Waals surface area contributed by atoms with Crippen molar-refractivity contribution in [1.82, 2.24) is 9.80 Å². The van der Waals surface area contributed by atoms with E-state index in [4.69, 9.17) is 0 Å². The third kappa shape index (κ3) is 3.39. The normalized spacial score (nSPS) is 20.9. The van der Waals surface area contributed by atoms with Gasteiger partial charge in [-0.2, -0.15) is 0 Å². The van der Waals surface area contributed by atoms with Gasteiger partial charge in [-0.05, 0) is 32.4 Å². The lowest BCUT2D eigenvalue weighted by Crippen LogP contribution is -2.27. The van der Waals surface area contributed by atoms with Gasteiger partial charge in [-0.25, -0.2) is 0 Å². The molecule has 1 amide bonds. The first-order valence-corrected chi connectivity index (χ1v) is 5.02. The van der Waals surface area contributed by atoms with Gasteiger partial charge < -0.3 is 4.90 Å². The van der Waals surface area contributed by atoms with Gasteiger partial charge in [0.1, 0.15) is 0 Å². The van der Waals surface area contributed by atoms with E-state index in [2.05, 4.69) is 18.8 Å². The van der Waals surface area contributed by atoms with Crippen molar-refractivity contribution < 1.29 is 4.79 Å². The summed E-state index contributed by atoms with van der Waals surface area (Å²) in [6.45, 7) is 4.56. The molecule has 1 atom stereocenters. The van der Waals surface area contributed by atoms with Crippen molar-refractivity contribution in [2.24, 2.45) is 5.92 Å². The molecular weight excluding hydrogens is 176 g/mol. The summed E-state index contributed by atoms with van der Waals surface area (Å²) in [5, 5.41) is 0. The largest absolute Gasteiger partial charge is 0.332 e. The molecule has 78 valence electrons. The molecule has 1 heterocycles. The van der Waals surface area contributed by atoms with Gasteiger partial charge in [0.25, 0.3) is 5.91 Å². The highest BCUT2D eigenvalue weighted by Gasteiger charge is 2.21. The molecule has 14 heavy (non-hydrogen) atoms. The highest BCUT2D eigenvalue weighted by atomic mass is 16.2. The first-order valence-electron chi connectivity index (χ1n) is 5.02. The standard InChI is InChI=1S/C11H18N2O/c1-10-6-8-13(9-10)11(14)5-4-7-12(2)3/h10H,6-9H2,1-3H3/t10-/m0/s1. The van der Waals surface area contributed by atoms with Crippen molar-refractivity contribution in [1.29, 1.82) is 0 Å². The van der Waals surface area contributed by atoms with Crippen LogP contribution in [0.1, 0.15) is 13.3 Å². The average Bonchev–Trinajstić information content (AvgIpc) is 2.51. The maximum atomic E-state index is 11.5. The van der Waals surface area contributed by atoms with Crippen LogP contribution in [0.2, 0.25) is 0 Å². The second-order valence-corrected chi connectivity index (χ2v) is 4.18. The van der Waals surface area contributed by atoms with E-state index in [9.17, 15) is 4.79 Å². The van der Waals surface area contributed by atoms with E-state index in [-0.39, 0.29) is 5.91 Å². The van der Waals surface area contributed by atoms with Crippen LogP contribution in [0.3, 0.4) is 0 Å². The Morgan fingerprint density at radius 2 is 2.29 bits per heavy atom. The van der Waals surface area contributed by atoms with Crippen molar-refractivity contribution in [3.63, 3.8) is 0 Å². The number of likely N-dealkylation sites (tertiary alicyclic amines) is 1. The third-order valence-electron chi connectivity index (χ3n) is 2.30. The summed E-state index contributed by atoms with van der Waals surface area (Å²) < 4.78 is 0. The molecule has 1 aliphatic heterocycles. The van der Waals surface area contributed by atoms with E-state index in [0.717, 1.165) is 19.5 Å². The van der Waals surface area contributed by atoms with Crippen LogP contribution < -0.4 is 0 Å². The zero-order valence-corrected chi connectivity index (χ0v) is 9.21. The summed E-state index contributed by atoms with van der Waals surface area (Å²) in [6, 6.07) is 0. The van der Waals surface area contributed by atoms with Crippen LogP contribution in [-0.4, -0.2) is 49.4 Å². The van der Waals surface area contributed by atoms with Gasteiger partial charge in [-0.1, -0.05) is 12.8 Å². The molecule has 1 rings (SSSR count). The molecule has 0 bridgehead atoms. The molecule has 0 saturated carbocycles. The summed E-state index contributed by atoms with van der Waals surface area (Å²) >= 11 is 0. The first kappa shape index (κ1) is 11.1. The number of rotatable bonds is 1. The Morgan fingerprint density at radius 1 is 1.57 bits per heavy atom. The molecule has 0 unspecified atom stereocenters. The van der Waals surface area contributed by atoms with Crippen LogP contribution >= 0.6 is 0 Å². The fourth-order valence-electron chi connectivity index (χ4n) is 1.47. The molecule has 0 aromatic carbocycles. The number of nitrogens with zero attached hydrogens (tertiary/aromatic N) is 2. The van der Waals surface area contributed by atoms with E-state index in [0.29, 0.717) is 12.5 Å². The van der Waals surface area contributed by atoms with Crippen LogP contribution in [0.25, 0.3) is 0 Å². The average molecular weight is 194 g/mol. The monoisotopic (exact) mass is 194 g/mol. The Morgan fingerprint density at radius 3 is 2.79 bits per heavy atom. The minimum absolute atomic E-state index is 0.0174. The number of amides is 1. The molecule has 1 saturated heterocycles. The van der Waals surface area contributed by atoms with Crippen LogP contribution in [-0.2, 0) is 4.79 Å². The number of hydrogen-bond donors (Lipinski definition) is 0. The summed E-state index contributed by atoms with van der Waals surface area (Å²) in [6.07, 6.45) is 1.11. The zero-order valence-electron chi connectivity index (χ0n) is 9.21. The Bertz CT molecular complexity index is 262. The van der Waals surface area contributed by atoms with Gasteiger partial charge in [0.15, 0.2) is 0 Å². The minimum Gasteiger partial charge on any atom is -0.332 e. The van der Waals surface area contributed by atoms with Crippen LogP contribution in [0, 0.1) is 17.8 Å². The number of carbonyl (C=O) groups excluding carboxylic acids is 1. The fourth-order valence-corrected chi connectivity index (χ4v) is 1.47. The highest BCUT2D eigenvalue weighted by Crippen LogP contribution is 2.14. The second kappa shape index (κ2) is 5.02. The third-order valence-corrected chi connectivity index (χ3v) is 2.30. The molecule has 0 aromatic heterocycles. The van der Waals surface area contributed by atoms with E-state index in [1.165, 1.54) is 0 Å². The minimum atomic E-state index is -0.0174. The quantitative estimate of drug-likeness (QED) is 0.565. The van der Waals surface area contributed by atoms with Crippen molar-refractivity contribution in [3.8, 4) is 11.8 Å². The smallest absolute Gasteiger partial charge is 0.298 e. The van der Waals surface area contributed by atoms with Gasteiger partial charge in [-0.3, -0.25) is 9.69 Å². The second-order valence-electron chi connectivity index (χ2n) is 4.18. The number of hydrogen-bond acceptors (Lipinski definition) is 2. The maximum Gasteiger partial charge on any atom is 0.298 e. The summed E-state index contributed by atoms with van der Waals surface area (Å²) in [4.78, 5) is 15.3. The lowest BCUT2D eigenvalue weighted by atomic mass is 10.2. The molecule has 0 aliphatic carbocycles. The first-order chi connectivity index (χ1) is 6.59. The van der Waals surface area contributed by atoms with Crippen molar-refractivity contribution in [2.45, 2.75) is 13.3 Å². The van der Waals surface area contributed by atoms with Crippen LogP contribution in [0.15, 0.2) is 0 Å². The molecule has 3 nitrogen and oxygen atoms in total. The van der Waals surface area contributed by atoms with E-state index in [1.807, 2.05) is 23.9 Å². The molecule has 0 radical (unpaired) electrons. The molecule has 1 fully saturated rings. The fraction of sp³-hybridized carbons (Fsp3) is 0.727. The summed E-state index contributed by atoms with van der Waals surface area (Å²) in [7, 11) is 3.88. The van der Waals surface area contributed by atoms with E-state index >= 15 is 0 Å². The molecule has 0 aromatic rings. The Balaban J connectivity index is 2.37. The lowest BCUT2D eigenvalue weighted by Gasteiger charge is -2.11. The Hall–Kier alpha value is -1.01. The molecule has 1 aliphatic rings. The molecule has 0 N–H and O–H groups in total. The predicted octanol–water partition coefficient (Wildman–Crippen LogP) is 0.420. The molecular formula is C11H18N2O. The van der Waals surface area contributed by atoms with Crippen LogP contribution in [0.4, 0.5) is 0 Å². The topological polar surface area (TPSA) is 23.6 Å². The summed E-state index contributed by atoms with van der Waals surface area (Å²) in [5.41, 5.74) is 0. The van der Waals surface area contributed by atoms with Crippen LogP contribution in [0.5, 0.6) is 0 Å². The van der Waals surface area contributed by atoms with Crippen molar-refractivity contribution in [3.05, 3.63) is 0 Å². The Kier molecular flexibility index (Phi) is 3.97. The molecule has 3 heteroatoms. The molecule has 0 spiro atoms.